The molecule has 15 heavy (non-hydrogen) atoms. The summed E-state index contributed by atoms with van der Waals surface area (Å²) in [5, 5.41) is 14.3. The molecule has 2 N–H and O–H groups in total. The fourth-order valence-corrected chi connectivity index (χ4v) is 1.10. The van der Waals surface area contributed by atoms with E-state index in [1.54, 1.807) is 6.92 Å². The molecule has 1 amide bonds. The number of nitrogens with one attached hydrogen (secondary N) is 2. The lowest BCUT2D eigenvalue weighted by Crippen LogP contribution is -2.45. The predicted octanol–water partition coefficient (Wildman–Crippen LogP) is 1.31. The Bertz CT molecular complexity index is 255. The lowest BCUT2D eigenvalue weighted by atomic mass is 10.2. The van der Waals surface area contributed by atoms with E-state index in [2.05, 4.69) is 17.2 Å². The molecule has 1 unspecified atom stereocenters. The lowest BCUT2D eigenvalue weighted by Gasteiger charge is -2.19. The minimum absolute atomic E-state index is 0.0625. The average molecular weight is 209 g/mol. The van der Waals surface area contributed by atoms with Crippen LogP contribution in [-0.2, 0) is 4.79 Å². The summed E-state index contributed by atoms with van der Waals surface area (Å²) in [6.45, 7) is 7.89. The topological polar surface area (TPSA) is 64.9 Å². The zero-order chi connectivity index (χ0) is 11.7. The molecule has 0 saturated carbocycles. The highest BCUT2D eigenvalue weighted by atomic mass is 16.1. The van der Waals surface area contributed by atoms with E-state index in [4.69, 9.17) is 5.26 Å². The smallest absolute Gasteiger partial charge is 0.247 e. The molecule has 0 radical (unpaired) electrons. The van der Waals surface area contributed by atoms with Crippen LogP contribution in [0.3, 0.4) is 0 Å². The van der Waals surface area contributed by atoms with Gasteiger partial charge < -0.3 is 5.32 Å². The number of carbonyl (C=O) groups excluding carboxylic acids is 1. The number of hydrogen-bond donors (Lipinski definition) is 2. The van der Waals surface area contributed by atoms with Crippen molar-refractivity contribution in [3.8, 4) is 6.07 Å². The van der Waals surface area contributed by atoms with Gasteiger partial charge in [-0.05, 0) is 13.3 Å². The predicted molar refractivity (Wildman–Crippen MR) is 59.9 cm³/mol. The molecule has 0 fully saturated rings. The average Bonchev–Trinajstić information content (AvgIpc) is 2.18. The molecule has 0 bridgehead atoms. The molecule has 0 aliphatic heterocycles. The fraction of sp³-hybridized carbons (Fsp3) is 0.636. The van der Waals surface area contributed by atoms with Crippen LogP contribution in [0.15, 0.2) is 12.2 Å². The first-order valence-electron chi connectivity index (χ1n) is 5.18. The number of carbonyl (C=O) groups is 1. The van der Waals surface area contributed by atoms with E-state index in [1.807, 2.05) is 13.0 Å². The number of nitriles is 1. The highest BCUT2D eigenvalue weighted by Crippen LogP contribution is 1.95. The van der Waals surface area contributed by atoms with E-state index in [9.17, 15) is 4.79 Å². The van der Waals surface area contributed by atoms with E-state index in [0.717, 1.165) is 12.8 Å². The maximum absolute atomic E-state index is 11.3. The summed E-state index contributed by atoms with van der Waals surface area (Å²) in [7, 11) is 0. The van der Waals surface area contributed by atoms with Crippen molar-refractivity contribution in [1.82, 2.24) is 10.6 Å². The first-order chi connectivity index (χ1) is 7.11. The van der Waals surface area contributed by atoms with Crippen molar-refractivity contribution in [1.29, 1.82) is 5.26 Å². The van der Waals surface area contributed by atoms with Gasteiger partial charge in [0.15, 0.2) is 0 Å². The highest BCUT2D eigenvalue weighted by molar-refractivity contribution is 5.92. The number of rotatable bonds is 7. The van der Waals surface area contributed by atoms with E-state index in [0.29, 0.717) is 18.5 Å². The third-order valence-corrected chi connectivity index (χ3v) is 1.90. The van der Waals surface area contributed by atoms with E-state index in [-0.39, 0.29) is 12.1 Å². The Hall–Kier alpha value is -1.34. The third-order valence-electron chi connectivity index (χ3n) is 1.90. The number of amides is 1. The van der Waals surface area contributed by atoms with Crippen molar-refractivity contribution in [2.45, 2.75) is 39.3 Å². The Morgan fingerprint density at radius 3 is 2.73 bits per heavy atom. The van der Waals surface area contributed by atoms with Crippen LogP contribution < -0.4 is 10.6 Å². The summed E-state index contributed by atoms with van der Waals surface area (Å²) in [6, 6.07) is 2.05. The summed E-state index contributed by atoms with van der Waals surface area (Å²) in [5.41, 5.74) is 0.498. The minimum atomic E-state index is -0.141. The standard InChI is InChI=1S/C11H19N3O/c1-4-6-10(13-8-5-7-12)14-11(15)9(2)3/h10,13H,2,4-6,8H2,1,3H3,(H,14,15). The van der Waals surface area contributed by atoms with Gasteiger partial charge in [-0.2, -0.15) is 5.26 Å². The normalized spacial score (nSPS) is 11.5. The molecular weight excluding hydrogens is 190 g/mol. The molecule has 0 saturated heterocycles. The Morgan fingerprint density at radius 1 is 1.60 bits per heavy atom. The minimum Gasteiger partial charge on any atom is -0.337 e. The van der Waals surface area contributed by atoms with Gasteiger partial charge in [0.05, 0.1) is 12.2 Å². The molecule has 0 aliphatic carbocycles. The van der Waals surface area contributed by atoms with Crippen molar-refractivity contribution in [2.75, 3.05) is 6.54 Å². The highest BCUT2D eigenvalue weighted by Gasteiger charge is 2.10. The molecule has 0 spiro atoms. The van der Waals surface area contributed by atoms with Gasteiger partial charge in [0.25, 0.3) is 0 Å². The molecule has 0 aliphatic rings. The summed E-state index contributed by atoms with van der Waals surface area (Å²) in [4.78, 5) is 11.3. The fourth-order valence-electron chi connectivity index (χ4n) is 1.10. The summed E-state index contributed by atoms with van der Waals surface area (Å²) in [5.74, 6) is -0.141. The van der Waals surface area contributed by atoms with Crippen molar-refractivity contribution in [3.05, 3.63) is 12.2 Å². The molecule has 0 aromatic heterocycles. The summed E-state index contributed by atoms with van der Waals surface area (Å²) >= 11 is 0. The van der Waals surface area contributed by atoms with Gasteiger partial charge >= 0.3 is 0 Å². The first kappa shape index (κ1) is 13.7. The molecule has 0 rings (SSSR count). The molecule has 1 atom stereocenters. The van der Waals surface area contributed by atoms with Crippen LogP contribution in [-0.4, -0.2) is 18.6 Å². The third kappa shape index (κ3) is 6.69. The summed E-state index contributed by atoms with van der Waals surface area (Å²) in [6.07, 6.45) is 2.21. The van der Waals surface area contributed by atoms with Crippen LogP contribution >= 0.6 is 0 Å². The van der Waals surface area contributed by atoms with Gasteiger partial charge in [-0.15, -0.1) is 0 Å². The Balaban J connectivity index is 3.98. The second kappa shape index (κ2) is 8.01. The second-order valence-electron chi connectivity index (χ2n) is 3.46. The van der Waals surface area contributed by atoms with Crippen LogP contribution in [0.2, 0.25) is 0 Å². The van der Waals surface area contributed by atoms with Gasteiger partial charge in [0, 0.05) is 18.5 Å². The SMILES string of the molecule is C=C(C)C(=O)NC(CCC)NCCC#N. The zero-order valence-electron chi connectivity index (χ0n) is 9.47. The van der Waals surface area contributed by atoms with Gasteiger partial charge in [0.2, 0.25) is 5.91 Å². The van der Waals surface area contributed by atoms with Crippen molar-refractivity contribution < 1.29 is 4.79 Å². The monoisotopic (exact) mass is 209 g/mol. The number of nitrogens with zero attached hydrogens (tertiary/aromatic N) is 1. The maximum atomic E-state index is 11.3. The Labute approximate surface area is 91.4 Å². The molecule has 0 aromatic carbocycles. The van der Waals surface area contributed by atoms with Gasteiger partial charge in [-0.1, -0.05) is 19.9 Å². The molecule has 4 nitrogen and oxygen atoms in total. The summed E-state index contributed by atoms with van der Waals surface area (Å²) < 4.78 is 0. The number of hydrogen-bond acceptors (Lipinski definition) is 3. The van der Waals surface area contributed by atoms with Gasteiger partial charge in [-0.25, -0.2) is 0 Å². The lowest BCUT2D eigenvalue weighted by molar-refractivity contribution is -0.118. The first-order valence-corrected chi connectivity index (χ1v) is 5.18. The van der Waals surface area contributed by atoms with E-state index >= 15 is 0 Å². The quantitative estimate of drug-likeness (QED) is 0.377. The molecule has 4 heteroatoms. The van der Waals surface area contributed by atoms with E-state index < -0.39 is 0 Å². The van der Waals surface area contributed by atoms with Crippen molar-refractivity contribution in [2.24, 2.45) is 0 Å². The van der Waals surface area contributed by atoms with E-state index in [1.165, 1.54) is 0 Å². The molecular formula is C11H19N3O. The Kier molecular flexibility index (Phi) is 7.29. The van der Waals surface area contributed by atoms with Crippen LogP contribution in [0.5, 0.6) is 0 Å². The van der Waals surface area contributed by atoms with Crippen molar-refractivity contribution >= 4 is 5.91 Å². The van der Waals surface area contributed by atoms with Crippen molar-refractivity contribution in [3.63, 3.8) is 0 Å². The van der Waals surface area contributed by atoms with Crippen LogP contribution in [0.1, 0.15) is 33.1 Å². The molecule has 84 valence electrons. The van der Waals surface area contributed by atoms with Crippen LogP contribution in [0.25, 0.3) is 0 Å². The van der Waals surface area contributed by atoms with Crippen LogP contribution in [0.4, 0.5) is 0 Å². The zero-order valence-corrected chi connectivity index (χ0v) is 9.47. The van der Waals surface area contributed by atoms with Gasteiger partial charge in [0.1, 0.15) is 0 Å². The maximum Gasteiger partial charge on any atom is 0.247 e. The largest absolute Gasteiger partial charge is 0.337 e. The molecule has 0 aromatic rings. The second-order valence-corrected chi connectivity index (χ2v) is 3.46. The van der Waals surface area contributed by atoms with Gasteiger partial charge in [-0.3, -0.25) is 10.1 Å². The Morgan fingerprint density at radius 2 is 2.27 bits per heavy atom. The molecule has 0 heterocycles. The van der Waals surface area contributed by atoms with Crippen LogP contribution in [0, 0.1) is 11.3 Å².